The highest BCUT2D eigenvalue weighted by Gasteiger charge is 2.26. The van der Waals surface area contributed by atoms with Crippen LogP contribution in [0.15, 0.2) is 0 Å². The molecular formula is C10H15N3O3S. The molecular weight excluding hydrogens is 242 g/mol. The number of esters is 1. The maximum absolute atomic E-state index is 11.6. The van der Waals surface area contributed by atoms with Crippen molar-refractivity contribution in [1.82, 2.24) is 0 Å². The van der Waals surface area contributed by atoms with Crippen molar-refractivity contribution < 1.29 is 14.3 Å². The minimum atomic E-state index is -0.645. The van der Waals surface area contributed by atoms with Gasteiger partial charge in [0.25, 0.3) is 5.91 Å². The van der Waals surface area contributed by atoms with Gasteiger partial charge in [0.15, 0.2) is 0 Å². The molecule has 1 aromatic rings. The highest BCUT2D eigenvalue weighted by molar-refractivity contribution is 7.19. The second kappa shape index (κ2) is 5.05. The van der Waals surface area contributed by atoms with E-state index in [4.69, 9.17) is 11.5 Å². The van der Waals surface area contributed by atoms with E-state index < -0.39 is 11.9 Å². The van der Waals surface area contributed by atoms with Gasteiger partial charge in [0.05, 0.1) is 12.8 Å². The number of thiophene rings is 1. The second-order valence-corrected chi connectivity index (χ2v) is 4.39. The van der Waals surface area contributed by atoms with E-state index in [9.17, 15) is 9.59 Å². The average Bonchev–Trinajstić information content (AvgIpc) is 2.65. The lowest BCUT2D eigenvalue weighted by Crippen LogP contribution is -2.18. The summed E-state index contributed by atoms with van der Waals surface area (Å²) in [5.74, 6) is -1.21. The Labute approximate surface area is 103 Å². The van der Waals surface area contributed by atoms with E-state index in [0.717, 1.165) is 11.3 Å². The summed E-state index contributed by atoms with van der Waals surface area (Å²) >= 11 is 1.10. The van der Waals surface area contributed by atoms with Crippen LogP contribution in [0.25, 0.3) is 0 Å². The van der Waals surface area contributed by atoms with Crippen molar-refractivity contribution in [3.63, 3.8) is 0 Å². The predicted molar refractivity (Wildman–Crippen MR) is 67.5 cm³/mol. The Hall–Kier alpha value is -1.76. The molecule has 1 aromatic heterocycles. The highest BCUT2D eigenvalue weighted by atomic mass is 32.1. The second-order valence-electron chi connectivity index (χ2n) is 3.40. The molecule has 1 amide bonds. The summed E-state index contributed by atoms with van der Waals surface area (Å²) in [5.41, 5.74) is 11.2. The van der Waals surface area contributed by atoms with E-state index in [1.807, 2.05) is 6.92 Å². The molecule has 0 aliphatic carbocycles. The van der Waals surface area contributed by atoms with Gasteiger partial charge in [-0.25, -0.2) is 4.79 Å². The Morgan fingerprint density at radius 3 is 2.47 bits per heavy atom. The maximum atomic E-state index is 11.6. The molecule has 1 heterocycles. The first-order chi connectivity index (χ1) is 7.93. The zero-order valence-corrected chi connectivity index (χ0v) is 10.8. The van der Waals surface area contributed by atoms with E-state index in [2.05, 4.69) is 4.74 Å². The van der Waals surface area contributed by atoms with Crippen LogP contribution < -0.4 is 16.4 Å². The monoisotopic (exact) mass is 257 g/mol. The number of carbonyl (C=O) groups excluding carboxylic acids is 2. The fourth-order valence-corrected chi connectivity index (χ4v) is 2.41. The molecule has 17 heavy (non-hydrogen) atoms. The van der Waals surface area contributed by atoms with Crippen LogP contribution in [-0.2, 0) is 4.74 Å². The molecule has 4 N–H and O–H groups in total. The van der Waals surface area contributed by atoms with Gasteiger partial charge in [0.2, 0.25) is 0 Å². The molecule has 0 aromatic carbocycles. The number of nitrogen functional groups attached to an aromatic ring is 1. The van der Waals surface area contributed by atoms with E-state index in [-0.39, 0.29) is 16.1 Å². The quantitative estimate of drug-likeness (QED) is 0.772. The molecule has 0 fully saturated rings. The lowest BCUT2D eigenvalue weighted by atomic mass is 10.2. The standard InChI is InChI=1S/C10H15N3O3S/c1-4-13(2)9-5(10(15)16-3)6(11)7(17-9)8(12)14/h4,11H2,1-3H3,(H2,12,14). The van der Waals surface area contributed by atoms with Crippen LogP contribution in [0.5, 0.6) is 0 Å². The molecule has 0 saturated carbocycles. The van der Waals surface area contributed by atoms with Crippen molar-refractivity contribution in [2.24, 2.45) is 5.73 Å². The smallest absolute Gasteiger partial charge is 0.343 e. The summed E-state index contributed by atoms with van der Waals surface area (Å²) in [6, 6.07) is 0. The SMILES string of the molecule is CCN(C)c1sc(C(N)=O)c(N)c1C(=O)OC. The van der Waals surface area contributed by atoms with Crippen LogP contribution in [0.2, 0.25) is 0 Å². The number of amides is 1. The van der Waals surface area contributed by atoms with Crippen molar-refractivity contribution >= 4 is 33.9 Å². The van der Waals surface area contributed by atoms with Gasteiger partial charge in [-0.3, -0.25) is 4.79 Å². The van der Waals surface area contributed by atoms with Gasteiger partial charge in [-0.05, 0) is 6.92 Å². The molecule has 1 rings (SSSR count). The zero-order valence-electron chi connectivity index (χ0n) is 9.94. The lowest BCUT2D eigenvalue weighted by molar-refractivity contribution is 0.0603. The summed E-state index contributed by atoms with van der Waals surface area (Å²) in [4.78, 5) is 24.8. The number of rotatable bonds is 4. The number of nitrogens with two attached hydrogens (primary N) is 2. The topological polar surface area (TPSA) is 98.6 Å². The van der Waals surface area contributed by atoms with Gasteiger partial charge in [-0.15, -0.1) is 11.3 Å². The number of hydrogen-bond acceptors (Lipinski definition) is 6. The Balaban J connectivity index is 3.42. The van der Waals surface area contributed by atoms with Gasteiger partial charge >= 0.3 is 5.97 Å². The fourth-order valence-electron chi connectivity index (χ4n) is 1.33. The van der Waals surface area contributed by atoms with E-state index in [0.29, 0.717) is 11.5 Å². The molecule has 0 saturated heterocycles. The summed E-state index contributed by atoms with van der Waals surface area (Å²) in [7, 11) is 3.06. The number of anilines is 2. The van der Waals surface area contributed by atoms with Crippen molar-refractivity contribution in [2.75, 3.05) is 31.3 Å². The minimum absolute atomic E-state index is 0.0876. The van der Waals surface area contributed by atoms with Crippen LogP contribution in [0, 0.1) is 0 Å². The third-order valence-electron chi connectivity index (χ3n) is 2.36. The Bertz CT molecular complexity index is 456. The molecule has 7 heteroatoms. The molecule has 0 aliphatic rings. The van der Waals surface area contributed by atoms with E-state index >= 15 is 0 Å². The summed E-state index contributed by atoms with van der Waals surface area (Å²) in [6.45, 7) is 2.59. The van der Waals surface area contributed by atoms with Gasteiger partial charge in [-0.1, -0.05) is 0 Å². The van der Waals surface area contributed by atoms with Crippen LogP contribution in [0.3, 0.4) is 0 Å². The molecule has 0 unspecified atom stereocenters. The number of primary amides is 1. The molecule has 0 spiro atoms. The lowest BCUT2D eigenvalue weighted by Gasteiger charge is -2.15. The zero-order chi connectivity index (χ0) is 13.2. The van der Waals surface area contributed by atoms with Crippen LogP contribution in [0.1, 0.15) is 27.0 Å². The highest BCUT2D eigenvalue weighted by Crippen LogP contribution is 2.37. The molecule has 0 bridgehead atoms. The normalized spacial score (nSPS) is 10.1. The Morgan fingerprint density at radius 1 is 1.47 bits per heavy atom. The van der Waals surface area contributed by atoms with E-state index in [1.54, 1.807) is 11.9 Å². The maximum Gasteiger partial charge on any atom is 0.343 e. The van der Waals surface area contributed by atoms with Crippen molar-refractivity contribution in [2.45, 2.75) is 6.92 Å². The minimum Gasteiger partial charge on any atom is -0.465 e. The number of nitrogens with zero attached hydrogens (tertiary/aromatic N) is 1. The van der Waals surface area contributed by atoms with Gasteiger partial charge in [0.1, 0.15) is 15.4 Å². The van der Waals surface area contributed by atoms with Gasteiger partial charge in [-0.2, -0.15) is 0 Å². The number of carbonyl (C=O) groups is 2. The molecule has 0 radical (unpaired) electrons. The molecule has 0 atom stereocenters. The molecule has 0 aliphatic heterocycles. The van der Waals surface area contributed by atoms with Crippen LogP contribution in [-0.4, -0.2) is 32.6 Å². The van der Waals surface area contributed by atoms with Gasteiger partial charge in [0, 0.05) is 13.6 Å². The van der Waals surface area contributed by atoms with E-state index in [1.165, 1.54) is 7.11 Å². The van der Waals surface area contributed by atoms with Crippen molar-refractivity contribution in [1.29, 1.82) is 0 Å². The molecule has 94 valence electrons. The Morgan fingerprint density at radius 2 is 2.06 bits per heavy atom. The number of hydrogen-bond donors (Lipinski definition) is 2. The predicted octanol–water partition coefficient (Wildman–Crippen LogP) is 0.672. The largest absolute Gasteiger partial charge is 0.465 e. The van der Waals surface area contributed by atoms with Crippen molar-refractivity contribution in [3.8, 4) is 0 Å². The summed E-state index contributed by atoms with van der Waals surface area (Å²) in [6.07, 6.45) is 0. The van der Waals surface area contributed by atoms with Crippen LogP contribution in [0.4, 0.5) is 10.7 Å². The van der Waals surface area contributed by atoms with Crippen molar-refractivity contribution in [3.05, 3.63) is 10.4 Å². The first-order valence-corrected chi connectivity index (χ1v) is 5.77. The van der Waals surface area contributed by atoms with Gasteiger partial charge < -0.3 is 21.1 Å². The first-order valence-electron chi connectivity index (χ1n) is 4.95. The third-order valence-corrected chi connectivity index (χ3v) is 3.70. The average molecular weight is 257 g/mol. The number of ether oxygens (including phenoxy) is 1. The summed E-state index contributed by atoms with van der Waals surface area (Å²) < 4.78 is 4.65. The first kappa shape index (κ1) is 13.3. The number of methoxy groups -OCH3 is 1. The molecule has 6 nitrogen and oxygen atoms in total. The van der Waals surface area contributed by atoms with Crippen LogP contribution >= 0.6 is 11.3 Å². The Kier molecular flexibility index (Phi) is 3.95. The third kappa shape index (κ3) is 2.33. The summed E-state index contributed by atoms with van der Waals surface area (Å²) in [5, 5.41) is 0.589. The fraction of sp³-hybridized carbons (Fsp3) is 0.400.